The zero-order chi connectivity index (χ0) is 19.7. The van der Waals surface area contributed by atoms with Crippen LogP contribution in [0.25, 0.3) is 0 Å². The van der Waals surface area contributed by atoms with Crippen LogP contribution < -0.4 is 4.74 Å². The molecule has 1 aromatic carbocycles. The van der Waals surface area contributed by atoms with E-state index in [0.29, 0.717) is 22.4 Å². The molecule has 2 fully saturated rings. The SMILES string of the molecule is CC1CCCN(CC2CSC(C)(C(C)(C)COc3ccc(Cl)cc3Cl)O2)C1. The number of ether oxygens (including phenoxy) is 2. The molecule has 3 nitrogen and oxygen atoms in total. The zero-order valence-corrected chi connectivity index (χ0v) is 19.1. The van der Waals surface area contributed by atoms with Gasteiger partial charge in [0.2, 0.25) is 0 Å². The third kappa shape index (κ3) is 5.27. The Bertz CT molecular complexity index is 657. The van der Waals surface area contributed by atoms with Gasteiger partial charge >= 0.3 is 0 Å². The minimum atomic E-state index is -0.280. The monoisotopic (exact) mass is 431 g/mol. The number of nitrogens with zero attached hydrogens (tertiary/aromatic N) is 1. The van der Waals surface area contributed by atoms with Crippen LogP contribution in [0.2, 0.25) is 10.0 Å². The van der Waals surface area contributed by atoms with E-state index >= 15 is 0 Å². The van der Waals surface area contributed by atoms with Crippen molar-refractivity contribution in [2.24, 2.45) is 11.3 Å². The molecule has 1 aromatic rings. The van der Waals surface area contributed by atoms with Gasteiger partial charge in [0.25, 0.3) is 0 Å². The third-order valence-corrected chi connectivity index (χ3v) is 8.12. The number of thioether (sulfide) groups is 1. The lowest BCUT2D eigenvalue weighted by atomic mass is 9.87. The summed E-state index contributed by atoms with van der Waals surface area (Å²) in [5, 5.41) is 1.16. The van der Waals surface area contributed by atoms with Gasteiger partial charge in [0.15, 0.2) is 0 Å². The maximum absolute atomic E-state index is 6.58. The summed E-state index contributed by atoms with van der Waals surface area (Å²) in [6.45, 7) is 12.9. The molecule has 6 heteroatoms. The zero-order valence-electron chi connectivity index (χ0n) is 16.8. The first-order chi connectivity index (χ1) is 12.7. The van der Waals surface area contributed by atoms with Crippen molar-refractivity contribution in [1.82, 2.24) is 4.90 Å². The smallest absolute Gasteiger partial charge is 0.138 e. The molecule has 0 aromatic heterocycles. The summed E-state index contributed by atoms with van der Waals surface area (Å²) < 4.78 is 12.6. The highest BCUT2D eigenvalue weighted by Crippen LogP contribution is 2.49. The molecule has 2 saturated heterocycles. The number of likely N-dealkylation sites (tertiary alicyclic amines) is 1. The van der Waals surface area contributed by atoms with Gasteiger partial charge in [0, 0.05) is 29.3 Å². The van der Waals surface area contributed by atoms with Crippen LogP contribution in [0.1, 0.15) is 40.5 Å². The summed E-state index contributed by atoms with van der Waals surface area (Å²) in [7, 11) is 0. The summed E-state index contributed by atoms with van der Waals surface area (Å²) in [4.78, 5) is 2.29. The highest BCUT2D eigenvalue weighted by atomic mass is 35.5. The van der Waals surface area contributed by atoms with Gasteiger partial charge in [-0.05, 0) is 50.4 Å². The number of benzene rings is 1. The average Bonchev–Trinajstić information content (AvgIpc) is 2.97. The quantitative estimate of drug-likeness (QED) is 0.551. The predicted octanol–water partition coefficient (Wildman–Crippen LogP) is 5.98. The summed E-state index contributed by atoms with van der Waals surface area (Å²) in [5.41, 5.74) is -0.162. The Balaban J connectivity index is 1.57. The van der Waals surface area contributed by atoms with Gasteiger partial charge in [-0.25, -0.2) is 0 Å². The van der Waals surface area contributed by atoms with Crippen LogP contribution in [0.3, 0.4) is 0 Å². The van der Waals surface area contributed by atoms with Crippen molar-refractivity contribution in [2.45, 2.75) is 51.6 Å². The standard InChI is InChI=1S/C21H31Cl2NO2S/c1-15-6-5-9-24(11-15)12-17-13-27-21(4,26-17)20(2,3)14-25-19-8-7-16(22)10-18(19)23/h7-8,10,15,17H,5-6,9,11-14H2,1-4H3. The molecule has 0 saturated carbocycles. The van der Waals surface area contributed by atoms with Gasteiger partial charge in [0.05, 0.1) is 17.7 Å². The molecule has 0 radical (unpaired) electrons. The van der Waals surface area contributed by atoms with Crippen molar-refractivity contribution in [1.29, 1.82) is 0 Å². The van der Waals surface area contributed by atoms with Crippen LogP contribution in [-0.4, -0.2) is 47.9 Å². The van der Waals surface area contributed by atoms with Gasteiger partial charge in [-0.1, -0.05) is 44.0 Å². The molecule has 0 spiro atoms. The molecular formula is C21H31Cl2NO2S. The number of hydrogen-bond donors (Lipinski definition) is 0. The number of halogens is 2. The summed E-state index contributed by atoms with van der Waals surface area (Å²) >= 11 is 14.1. The van der Waals surface area contributed by atoms with Gasteiger partial charge < -0.3 is 14.4 Å². The van der Waals surface area contributed by atoms with Crippen LogP contribution in [0.15, 0.2) is 18.2 Å². The van der Waals surface area contributed by atoms with Crippen LogP contribution >= 0.6 is 35.0 Å². The topological polar surface area (TPSA) is 21.7 Å². The third-order valence-electron chi connectivity index (χ3n) is 5.85. The Labute approximate surface area is 178 Å². The van der Waals surface area contributed by atoms with Crippen LogP contribution in [-0.2, 0) is 4.74 Å². The van der Waals surface area contributed by atoms with Crippen molar-refractivity contribution in [3.63, 3.8) is 0 Å². The minimum absolute atomic E-state index is 0.162. The maximum atomic E-state index is 6.58. The molecule has 3 atom stereocenters. The second-order valence-electron chi connectivity index (χ2n) is 8.75. The summed E-state index contributed by atoms with van der Waals surface area (Å²) in [6.07, 6.45) is 2.94. The lowest BCUT2D eigenvalue weighted by Crippen LogP contribution is -2.46. The molecule has 0 bridgehead atoms. The molecule has 3 unspecified atom stereocenters. The highest BCUT2D eigenvalue weighted by molar-refractivity contribution is 8.00. The normalized spacial score (nSPS) is 29.9. The second kappa shape index (κ2) is 8.71. The van der Waals surface area contributed by atoms with E-state index in [-0.39, 0.29) is 16.5 Å². The highest BCUT2D eigenvalue weighted by Gasteiger charge is 2.49. The Kier molecular flexibility index (Phi) is 6.96. The predicted molar refractivity (Wildman–Crippen MR) is 116 cm³/mol. The number of hydrogen-bond acceptors (Lipinski definition) is 4. The first-order valence-electron chi connectivity index (χ1n) is 9.80. The minimum Gasteiger partial charge on any atom is -0.491 e. The molecule has 2 aliphatic heterocycles. The molecule has 27 heavy (non-hydrogen) atoms. The van der Waals surface area contributed by atoms with E-state index in [9.17, 15) is 0 Å². The molecule has 0 amide bonds. The first kappa shape index (κ1) is 21.6. The Morgan fingerprint density at radius 3 is 2.85 bits per heavy atom. The fraction of sp³-hybridized carbons (Fsp3) is 0.714. The van der Waals surface area contributed by atoms with Crippen LogP contribution in [0, 0.1) is 11.3 Å². The molecule has 152 valence electrons. The molecule has 3 rings (SSSR count). The van der Waals surface area contributed by atoms with E-state index in [1.807, 2.05) is 17.8 Å². The van der Waals surface area contributed by atoms with Gasteiger partial charge in [-0.3, -0.25) is 0 Å². The molecule has 0 N–H and O–H groups in total. The Morgan fingerprint density at radius 1 is 1.37 bits per heavy atom. The van der Waals surface area contributed by atoms with E-state index in [0.717, 1.165) is 18.2 Å². The van der Waals surface area contributed by atoms with Crippen molar-refractivity contribution in [2.75, 3.05) is 32.0 Å². The van der Waals surface area contributed by atoms with E-state index in [1.165, 1.54) is 25.9 Å². The maximum Gasteiger partial charge on any atom is 0.138 e. The largest absolute Gasteiger partial charge is 0.491 e. The van der Waals surface area contributed by atoms with E-state index in [1.54, 1.807) is 12.1 Å². The average molecular weight is 432 g/mol. The van der Waals surface area contributed by atoms with Crippen LogP contribution in [0.5, 0.6) is 5.75 Å². The Hall–Kier alpha value is -0.130. The first-order valence-corrected chi connectivity index (χ1v) is 11.5. The number of piperidine rings is 1. The van der Waals surface area contributed by atoms with Gasteiger partial charge in [0.1, 0.15) is 10.7 Å². The van der Waals surface area contributed by atoms with Crippen molar-refractivity contribution in [3.05, 3.63) is 28.2 Å². The van der Waals surface area contributed by atoms with Crippen molar-refractivity contribution < 1.29 is 9.47 Å². The fourth-order valence-corrected chi connectivity index (χ4v) is 5.60. The van der Waals surface area contributed by atoms with E-state index in [4.69, 9.17) is 32.7 Å². The van der Waals surface area contributed by atoms with Gasteiger partial charge in [-0.15, -0.1) is 11.8 Å². The van der Waals surface area contributed by atoms with E-state index in [2.05, 4.69) is 32.6 Å². The van der Waals surface area contributed by atoms with Gasteiger partial charge in [-0.2, -0.15) is 0 Å². The lowest BCUT2D eigenvalue weighted by Gasteiger charge is -2.40. The second-order valence-corrected chi connectivity index (χ2v) is 11.0. The van der Waals surface area contributed by atoms with Crippen molar-refractivity contribution in [3.8, 4) is 5.75 Å². The lowest BCUT2D eigenvalue weighted by molar-refractivity contribution is -0.0866. The number of rotatable bonds is 6. The van der Waals surface area contributed by atoms with Crippen LogP contribution in [0.4, 0.5) is 0 Å². The fourth-order valence-electron chi connectivity index (χ4n) is 3.80. The Morgan fingerprint density at radius 2 is 2.15 bits per heavy atom. The molecule has 2 heterocycles. The summed E-state index contributed by atoms with van der Waals surface area (Å²) in [6, 6.07) is 5.34. The molecule has 0 aliphatic carbocycles. The molecular weight excluding hydrogens is 401 g/mol. The van der Waals surface area contributed by atoms with Crippen molar-refractivity contribution >= 4 is 35.0 Å². The summed E-state index contributed by atoms with van der Waals surface area (Å²) in [5.74, 6) is 2.50. The van der Waals surface area contributed by atoms with E-state index < -0.39 is 0 Å². The molecule has 2 aliphatic rings.